The molecule has 0 saturated carbocycles. The fourth-order valence-electron chi connectivity index (χ4n) is 2.39. The number of piperidine rings is 1. The van der Waals surface area contributed by atoms with E-state index in [1.807, 2.05) is 4.90 Å². The predicted octanol–water partition coefficient (Wildman–Crippen LogP) is -0.100. The molecule has 0 aromatic carbocycles. The largest absolute Gasteiger partial charge is 0.469 e. The Labute approximate surface area is 107 Å². The van der Waals surface area contributed by atoms with E-state index >= 15 is 0 Å². The van der Waals surface area contributed by atoms with Crippen molar-refractivity contribution in [3.05, 3.63) is 0 Å². The molecule has 1 rings (SSSR count). The molecule has 0 aliphatic carbocycles. The molecule has 1 heterocycles. The Kier molecular flexibility index (Phi) is 5.59. The lowest BCUT2D eigenvalue weighted by molar-refractivity contribution is -0.142. The Balaban J connectivity index is 2.59. The first kappa shape index (κ1) is 14.5. The highest BCUT2D eigenvalue weighted by molar-refractivity contribution is 5.73. The summed E-state index contributed by atoms with van der Waals surface area (Å²) in [5, 5.41) is 11.6. The number of ether oxygens (including phenoxy) is 1. The van der Waals surface area contributed by atoms with Crippen LogP contribution < -0.4 is 5.32 Å². The molecule has 1 aliphatic heterocycles. The maximum absolute atomic E-state index is 11.3. The Morgan fingerprint density at radius 3 is 2.78 bits per heavy atom. The molecule has 1 aliphatic rings. The predicted molar refractivity (Wildman–Crippen MR) is 64.4 cm³/mol. The third-order valence-electron chi connectivity index (χ3n) is 3.00. The van der Waals surface area contributed by atoms with Crippen LogP contribution in [0.2, 0.25) is 0 Å². The number of nitrogens with zero attached hydrogens (tertiary/aromatic N) is 2. The lowest BCUT2D eigenvalue weighted by atomic mass is 9.91. The second-order valence-electron chi connectivity index (χ2n) is 4.63. The minimum Gasteiger partial charge on any atom is -0.469 e. The van der Waals surface area contributed by atoms with Crippen LogP contribution in [0.4, 0.5) is 0 Å². The van der Waals surface area contributed by atoms with Crippen LogP contribution >= 0.6 is 0 Å². The number of amides is 1. The standard InChI is InChI=1S/C12H19N3O3/c1-9(16)14-11-5-10(6-12(17)18-2)7-15(8-11)4-3-13/h10-11H,4-8H2,1-2H3,(H,14,16). The van der Waals surface area contributed by atoms with Crippen LogP contribution in [0, 0.1) is 17.2 Å². The molecule has 6 heteroatoms. The lowest BCUT2D eigenvalue weighted by Gasteiger charge is -2.36. The number of hydrogen-bond acceptors (Lipinski definition) is 5. The molecule has 1 fully saturated rings. The number of nitrogens with one attached hydrogen (secondary N) is 1. The summed E-state index contributed by atoms with van der Waals surface area (Å²) in [6, 6.07) is 2.10. The van der Waals surface area contributed by atoms with Crippen molar-refractivity contribution in [3.8, 4) is 6.07 Å². The number of carbonyl (C=O) groups excluding carboxylic acids is 2. The van der Waals surface area contributed by atoms with Crippen molar-refractivity contribution < 1.29 is 14.3 Å². The van der Waals surface area contributed by atoms with Crippen LogP contribution in [0.1, 0.15) is 19.8 Å². The van der Waals surface area contributed by atoms with E-state index in [9.17, 15) is 9.59 Å². The number of rotatable bonds is 4. The number of nitriles is 1. The molecule has 0 bridgehead atoms. The van der Waals surface area contributed by atoms with Crippen molar-refractivity contribution in [1.82, 2.24) is 10.2 Å². The molecular formula is C12H19N3O3. The topological polar surface area (TPSA) is 82.4 Å². The Morgan fingerprint density at radius 2 is 2.22 bits per heavy atom. The number of carbonyl (C=O) groups is 2. The maximum Gasteiger partial charge on any atom is 0.305 e. The SMILES string of the molecule is COC(=O)CC1CC(NC(C)=O)CN(CC#N)C1. The Bertz CT molecular complexity index is 351. The van der Waals surface area contributed by atoms with E-state index in [-0.39, 0.29) is 23.8 Å². The summed E-state index contributed by atoms with van der Waals surface area (Å²) in [6.45, 7) is 3.13. The normalized spacial score (nSPS) is 24.1. The van der Waals surface area contributed by atoms with E-state index in [4.69, 9.17) is 5.26 Å². The highest BCUT2D eigenvalue weighted by Gasteiger charge is 2.29. The van der Waals surface area contributed by atoms with Crippen molar-refractivity contribution >= 4 is 11.9 Å². The van der Waals surface area contributed by atoms with Gasteiger partial charge in [0.25, 0.3) is 0 Å². The Hall–Kier alpha value is -1.61. The van der Waals surface area contributed by atoms with Gasteiger partial charge in [0.05, 0.1) is 19.7 Å². The average molecular weight is 253 g/mol. The van der Waals surface area contributed by atoms with Crippen LogP contribution in [-0.2, 0) is 14.3 Å². The van der Waals surface area contributed by atoms with Gasteiger partial charge in [-0.25, -0.2) is 0 Å². The van der Waals surface area contributed by atoms with Gasteiger partial charge in [-0.3, -0.25) is 14.5 Å². The molecule has 2 atom stereocenters. The third kappa shape index (κ3) is 4.72. The Morgan fingerprint density at radius 1 is 1.50 bits per heavy atom. The molecule has 0 aromatic rings. The molecular weight excluding hydrogens is 234 g/mol. The molecule has 18 heavy (non-hydrogen) atoms. The second-order valence-corrected chi connectivity index (χ2v) is 4.63. The quantitative estimate of drug-likeness (QED) is 0.559. The van der Waals surface area contributed by atoms with Crippen LogP contribution in [0.5, 0.6) is 0 Å². The molecule has 1 amide bonds. The van der Waals surface area contributed by atoms with Crippen molar-refractivity contribution in [2.24, 2.45) is 5.92 Å². The molecule has 6 nitrogen and oxygen atoms in total. The average Bonchev–Trinajstić information content (AvgIpc) is 2.28. The van der Waals surface area contributed by atoms with Crippen LogP contribution in [-0.4, -0.2) is 49.6 Å². The summed E-state index contributed by atoms with van der Waals surface area (Å²) in [5.41, 5.74) is 0. The zero-order valence-electron chi connectivity index (χ0n) is 10.8. The van der Waals surface area contributed by atoms with Gasteiger partial charge in [-0.15, -0.1) is 0 Å². The minimum absolute atomic E-state index is 0.000689. The molecule has 100 valence electrons. The molecule has 1 saturated heterocycles. The smallest absolute Gasteiger partial charge is 0.305 e. The summed E-state index contributed by atoms with van der Waals surface area (Å²) in [5.74, 6) is -0.215. The lowest BCUT2D eigenvalue weighted by Crippen LogP contribution is -2.50. The maximum atomic E-state index is 11.3. The van der Waals surface area contributed by atoms with Gasteiger partial charge in [0, 0.05) is 32.5 Å². The second kappa shape index (κ2) is 6.97. The van der Waals surface area contributed by atoms with Gasteiger partial charge >= 0.3 is 5.97 Å². The van der Waals surface area contributed by atoms with Crippen molar-refractivity contribution in [1.29, 1.82) is 5.26 Å². The highest BCUT2D eigenvalue weighted by Crippen LogP contribution is 2.20. The highest BCUT2D eigenvalue weighted by atomic mass is 16.5. The van der Waals surface area contributed by atoms with E-state index < -0.39 is 0 Å². The fourth-order valence-corrected chi connectivity index (χ4v) is 2.39. The van der Waals surface area contributed by atoms with E-state index in [0.717, 1.165) is 6.42 Å². The first-order valence-electron chi connectivity index (χ1n) is 5.98. The molecule has 0 aromatic heterocycles. The summed E-state index contributed by atoms with van der Waals surface area (Å²) in [6.07, 6.45) is 1.07. The summed E-state index contributed by atoms with van der Waals surface area (Å²) < 4.78 is 4.65. The van der Waals surface area contributed by atoms with Crippen LogP contribution in [0.3, 0.4) is 0 Å². The van der Waals surface area contributed by atoms with Gasteiger partial charge in [-0.05, 0) is 12.3 Å². The van der Waals surface area contributed by atoms with E-state index in [0.29, 0.717) is 26.1 Å². The zero-order chi connectivity index (χ0) is 13.5. The van der Waals surface area contributed by atoms with Crippen molar-refractivity contribution in [2.45, 2.75) is 25.8 Å². The van der Waals surface area contributed by atoms with Gasteiger partial charge in [0.1, 0.15) is 0 Å². The van der Waals surface area contributed by atoms with Gasteiger partial charge in [0.15, 0.2) is 0 Å². The van der Waals surface area contributed by atoms with Gasteiger partial charge in [-0.2, -0.15) is 5.26 Å². The number of hydrogen-bond donors (Lipinski definition) is 1. The molecule has 2 unspecified atom stereocenters. The summed E-state index contributed by atoms with van der Waals surface area (Å²) in [7, 11) is 1.36. The summed E-state index contributed by atoms with van der Waals surface area (Å²) >= 11 is 0. The van der Waals surface area contributed by atoms with Crippen molar-refractivity contribution in [3.63, 3.8) is 0 Å². The number of esters is 1. The minimum atomic E-state index is -0.250. The van der Waals surface area contributed by atoms with Crippen LogP contribution in [0.25, 0.3) is 0 Å². The van der Waals surface area contributed by atoms with Gasteiger partial charge < -0.3 is 10.1 Å². The van der Waals surface area contributed by atoms with Gasteiger partial charge in [0.2, 0.25) is 5.91 Å². The molecule has 0 spiro atoms. The van der Waals surface area contributed by atoms with E-state index in [2.05, 4.69) is 16.1 Å². The number of likely N-dealkylation sites (tertiary alicyclic amines) is 1. The monoisotopic (exact) mass is 253 g/mol. The zero-order valence-corrected chi connectivity index (χ0v) is 10.8. The van der Waals surface area contributed by atoms with E-state index in [1.165, 1.54) is 14.0 Å². The van der Waals surface area contributed by atoms with Crippen molar-refractivity contribution in [2.75, 3.05) is 26.7 Å². The fraction of sp³-hybridized carbons (Fsp3) is 0.750. The first-order valence-corrected chi connectivity index (χ1v) is 5.98. The third-order valence-corrected chi connectivity index (χ3v) is 3.00. The van der Waals surface area contributed by atoms with Crippen LogP contribution in [0.15, 0.2) is 0 Å². The summed E-state index contributed by atoms with van der Waals surface area (Å²) in [4.78, 5) is 24.3. The number of methoxy groups -OCH3 is 1. The molecule has 1 N–H and O–H groups in total. The van der Waals surface area contributed by atoms with Gasteiger partial charge in [-0.1, -0.05) is 0 Å². The molecule has 0 radical (unpaired) electrons. The first-order chi connectivity index (χ1) is 8.55. The van der Waals surface area contributed by atoms with E-state index in [1.54, 1.807) is 0 Å².